The second-order valence-corrected chi connectivity index (χ2v) is 8.84. The molecule has 6 heteroatoms. The quantitative estimate of drug-likeness (QED) is 0.600. The number of hydrazone groups is 1. The Morgan fingerprint density at radius 1 is 1.31 bits per heavy atom. The van der Waals surface area contributed by atoms with Gasteiger partial charge in [0, 0.05) is 11.4 Å². The number of aromatic amines is 1. The van der Waals surface area contributed by atoms with Crippen molar-refractivity contribution in [2.24, 2.45) is 5.10 Å². The first kappa shape index (κ1) is 20.1. The number of aryl methyl sites for hydroxylation is 1. The Morgan fingerprint density at radius 3 is 2.76 bits per heavy atom. The molecule has 0 bridgehead atoms. The average molecular weight is 411 g/mol. The molecule has 0 radical (unpaired) electrons. The molecule has 0 aromatic carbocycles. The summed E-state index contributed by atoms with van der Waals surface area (Å²) in [6, 6.07) is 4.00. The molecule has 0 spiro atoms. The van der Waals surface area contributed by atoms with E-state index in [1.165, 1.54) is 36.1 Å². The van der Waals surface area contributed by atoms with Gasteiger partial charge in [0.15, 0.2) is 0 Å². The highest BCUT2D eigenvalue weighted by atomic mass is 32.1. The minimum atomic E-state index is -0.120. The fourth-order valence-electron chi connectivity index (χ4n) is 4.22. The predicted octanol–water partition coefficient (Wildman–Crippen LogP) is 4.45. The second kappa shape index (κ2) is 8.67. The molecule has 2 aliphatic rings. The Morgan fingerprint density at radius 2 is 2.10 bits per heavy atom. The molecule has 0 saturated heterocycles. The Hall–Kier alpha value is -2.18. The van der Waals surface area contributed by atoms with Crippen molar-refractivity contribution >= 4 is 29.0 Å². The van der Waals surface area contributed by atoms with Gasteiger partial charge < -0.3 is 9.88 Å². The van der Waals surface area contributed by atoms with Gasteiger partial charge in [-0.1, -0.05) is 19.9 Å². The van der Waals surface area contributed by atoms with Gasteiger partial charge in [0.1, 0.15) is 5.71 Å². The zero-order chi connectivity index (χ0) is 20.4. The lowest BCUT2D eigenvalue weighted by molar-refractivity contribution is -0.116. The highest BCUT2D eigenvalue weighted by molar-refractivity contribution is 7.12. The SMILES string of the molecule is CCN(CC)CCCc1c(C)[nH]c(C=C2C(=O)NN=C2c2cccs2)c1C1CC1. The molecule has 0 unspecified atom stereocenters. The van der Waals surface area contributed by atoms with E-state index >= 15 is 0 Å². The minimum absolute atomic E-state index is 0.120. The number of thiophene rings is 1. The highest BCUT2D eigenvalue weighted by Gasteiger charge is 2.32. The maximum Gasteiger partial charge on any atom is 0.273 e. The van der Waals surface area contributed by atoms with Crippen LogP contribution < -0.4 is 5.43 Å². The van der Waals surface area contributed by atoms with E-state index in [4.69, 9.17) is 0 Å². The third kappa shape index (κ3) is 4.23. The molecular formula is C23H30N4OS. The highest BCUT2D eigenvalue weighted by Crippen LogP contribution is 2.45. The van der Waals surface area contributed by atoms with Crippen LogP contribution in [0.3, 0.4) is 0 Å². The van der Waals surface area contributed by atoms with Gasteiger partial charge in [-0.15, -0.1) is 11.3 Å². The van der Waals surface area contributed by atoms with E-state index in [2.05, 4.69) is 41.2 Å². The summed E-state index contributed by atoms with van der Waals surface area (Å²) in [6.07, 6.45) is 6.77. The van der Waals surface area contributed by atoms with Crippen LogP contribution in [-0.2, 0) is 11.2 Å². The monoisotopic (exact) mass is 410 g/mol. The van der Waals surface area contributed by atoms with Gasteiger partial charge in [0.2, 0.25) is 0 Å². The van der Waals surface area contributed by atoms with Crippen LogP contribution in [0.15, 0.2) is 28.2 Å². The van der Waals surface area contributed by atoms with Crippen molar-refractivity contribution in [2.45, 2.75) is 52.4 Å². The van der Waals surface area contributed by atoms with E-state index in [1.807, 2.05) is 23.6 Å². The zero-order valence-corrected chi connectivity index (χ0v) is 18.4. The topological polar surface area (TPSA) is 60.5 Å². The molecule has 4 rings (SSSR count). The van der Waals surface area contributed by atoms with Crippen LogP contribution in [0.25, 0.3) is 6.08 Å². The number of H-pyrrole nitrogens is 1. The van der Waals surface area contributed by atoms with Crippen molar-refractivity contribution in [3.63, 3.8) is 0 Å². The smallest absolute Gasteiger partial charge is 0.273 e. The van der Waals surface area contributed by atoms with Crippen molar-refractivity contribution in [1.82, 2.24) is 15.3 Å². The van der Waals surface area contributed by atoms with E-state index in [-0.39, 0.29) is 5.91 Å². The number of aromatic nitrogens is 1. The lowest BCUT2D eigenvalue weighted by Crippen LogP contribution is -2.24. The second-order valence-electron chi connectivity index (χ2n) is 7.90. The Balaban J connectivity index is 1.62. The first-order valence-electron chi connectivity index (χ1n) is 10.7. The zero-order valence-electron chi connectivity index (χ0n) is 17.5. The summed E-state index contributed by atoms with van der Waals surface area (Å²) in [5.74, 6) is 0.507. The molecule has 1 amide bonds. The van der Waals surface area contributed by atoms with Crippen molar-refractivity contribution < 1.29 is 4.79 Å². The fraction of sp³-hybridized carbons (Fsp3) is 0.478. The van der Waals surface area contributed by atoms with Crippen molar-refractivity contribution in [2.75, 3.05) is 19.6 Å². The van der Waals surface area contributed by atoms with E-state index < -0.39 is 0 Å². The molecule has 1 saturated carbocycles. The molecule has 1 fully saturated rings. The summed E-state index contributed by atoms with van der Waals surface area (Å²) >= 11 is 1.61. The largest absolute Gasteiger partial charge is 0.359 e. The molecule has 3 heterocycles. The average Bonchev–Trinajstić information content (AvgIpc) is 3.13. The Kier molecular flexibility index (Phi) is 6.01. The summed E-state index contributed by atoms with van der Waals surface area (Å²) in [4.78, 5) is 19.6. The molecule has 2 N–H and O–H groups in total. The first-order valence-corrected chi connectivity index (χ1v) is 11.6. The number of hydrogen-bond acceptors (Lipinski definition) is 4. The molecule has 29 heavy (non-hydrogen) atoms. The summed E-state index contributed by atoms with van der Waals surface area (Å²) in [5.41, 5.74) is 9.28. The summed E-state index contributed by atoms with van der Waals surface area (Å²) in [6.45, 7) is 9.97. The summed E-state index contributed by atoms with van der Waals surface area (Å²) in [7, 11) is 0. The molecule has 154 valence electrons. The third-order valence-corrected chi connectivity index (χ3v) is 6.86. The van der Waals surface area contributed by atoms with Gasteiger partial charge in [-0.25, -0.2) is 5.43 Å². The standard InChI is InChI=1S/C23H30N4OS/c1-4-27(5-2)12-6-8-17-15(3)24-19(21(17)16-10-11-16)14-18-22(25-26-23(18)28)20-9-7-13-29-20/h7,9,13-14,16,24H,4-6,8,10-12H2,1-3H3,(H,26,28). The molecule has 2 aromatic rings. The van der Waals surface area contributed by atoms with Crippen LogP contribution in [0.4, 0.5) is 0 Å². The van der Waals surface area contributed by atoms with Gasteiger partial charge in [-0.2, -0.15) is 5.10 Å². The minimum Gasteiger partial charge on any atom is -0.359 e. The Bertz CT molecular complexity index is 930. The molecule has 1 aliphatic heterocycles. The first-order chi connectivity index (χ1) is 14.1. The number of amides is 1. The molecule has 1 aliphatic carbocycles. The van der Waals surface area contributed by atoms with Gasteiger partial charge in [-0.05, 0) is 86.8 Å². The summed E-state index contributed by atoms with van der Waals surface area (Å²) in [5, 5.41) is 6.30. The van der Waals surface area contributed by atoms with Crippen molar-refractivity contribution in [1.29, 1.82) is 0 Å². The van der Waals surface area contributed by atoms with E-state index in [1.54, 1.807) is 11.3 Å². The molecule has 0 atom stereocenters. The van der Waals surface area contributed by atoms with Crippen LogP contribution in [0, 0.1) is 6.92 Å². The van der Waals surface area contributed by atoms with Crippen molar-refractivity contribution in [3.05, 3.63) is 50.5 Å². The van der Waals surface area contributed by atoms with Gasteiger partial charge in [0.05, 0.1) is 10.5 Å². The molecule has 2 aromatic heterocycles. The Labute approximate surface area is 176 Å². The third-order valence-electron chi connectivity index (χ3n) is 5.98. The van der Waals surface area contributed by atoms with E-state index in [9.17, 15) is 4.79 Å². The van der Waals surface area contributed by atoms with Crippen molar-refractivity contribution in [3.8, 4) is 0 Å². The number of rotatable bonds is 9. The van der Waals surface area contributed by atoms with Crippen LogP contribution in [0.2, 0.25) is 0 Å². The molecule has 5 nitrogen and oxygen atoms in total. The van der Waals surface area contributed by atoms with Gasteiger partial charge in [-0.3, -0.25) is 4.79 Å². The summed E-state index contributed by atoms with van der Waals surface area (Å²) < 4.78 is 0. The number of carbonyl (C=O) groups is 1. The molecular weight excluding hydrogens is 380 g/mol. The predicted molar refractivity (Wildman–Crippen MR) is 121 cm³/mol. The maximum absolute atomic E-state index is 12.5. The van der Waals surface area contributed by atoms with Crippen LogP contribution >= 0.6 is 11.3 Å². The lowest BCUT2D eigenvalue weighted by Gasteiger charge is -2.17. The number of nitrogens with zero attached hydrogens (tertiary/aromatic N) is 2. The van der Waals surface area contributed by atoms with Crippen LogP contribution in [0.5, 0.6) is 0 Å². The fourth-order valence-corrected chi connectivity index (χ4v) is 4.95. The normalized spacial score (nSPS) is 18.0. The van der Waals surface area contributed by atoms with Gasteiger partial charge in [0.25, 0.3) is 5.91 Å². The van der Waals surface area contributed by atoms with Gasteiger partial charge >= 0.3 is 0 Å². The van der Waals surface area contributed by atoms with Crippen LogP contribution in [-0.4, -0.2) is 41.1 Å². The lowest BCUT2D eigenvalue weighted by atomic mass is 9.98. The van der Waals surface area contributed by atoms with Crippen LogP contribution in [0.1, 0.15) is 66.4 Å². The number of hydrogen-bond donors (Lipinski definition) is 2. The van der Waals surface area contributed by atoms with E-state index in [0.29, 0.717) is 11.5 Å². The number of nitrogens with one attached hydrogen (secondary N) is 2. The number of carbonyl (C=O) groups excluding carboxylic acids is 1. The van der Waals surface area contributed by atoms with E-state index in [0.717, 1.165) is 42.3 Å². The maximum atomic E-state index is 12.5.